The van der Waals surface area contributed by atoms with E-state index in [4.69, 9.17) is 11.6 Å². The number of benzene rings is 2. The summed E-state index contributed by atoms with van der Waals surface area (Å²) in [7, 11) is 1.27. The molecule has 11 heteroatoms. The van der Waals surface area contributed by atoms with E-state index in [0.29, 0.717) is 6.07 Å². The molecule has 168 valence electrons. The quantitative estimate of drug-likeness (QED) is 0.596. The van der Waals surface area contributed by atoms with Gasteiger partial charge < -0.3 is 10.2 Å². The minimum Gasteiger partial charge on any atom is -0.336 e. The van der Waals surface area contributed by atoms with Gasteiger partial charge in [0.25, 0.3) is 11.5 Å². The number of fused-ring (bicyclic) bond motifs is 1. The number of likely N-dealkylation sites (N-methyl/N-ethyl adjacent to an activating group) is 1. The molecule has 2 heterocycles. The number of alkyl halides is 2. The number of amides is 1. The molecule has 0 radical (unpaired) electrons. The van der Waals surface area contributed by atoms with Crippen LogP contribution in [0.1, 0.15) is 18.3 Å². The van der Waals surface area contributed by atoms with E-state index in [-0.39, 0.29) is 40.4 Å². The first-order chi connectivity index (χ1) is 15.2. The minimum atomic E-state index is -3.14. The first kappa shape index (κ1) is 22.2. The Labute approximate surface area is 184 Å². The molecule has 0 saturated carbocycles. The molecule has 2 aromatic carbocycles. The van der Waals surface area contributed by atoms with Crippen LogP contribution in [0.5, 0.6) is 0 Å². The molecule has 0 spiro atoms. The molecule has 1 aromatic heterocycles. The van der Waals surface area contributed by atoms with Crippen LogP contribution in [0.15, 0.2) is 41.2 Å². The molecule has 1 amide bonds. The Balaban J connectivity index is 1.86. The second-order valence-electron chi connectivity index (χ2n) is 7.47. The van der Waals surface area contributed by atoms with Crippen molar-refractivity contribution in [3.63, 3.8) is 0 Å². The predicted octanol–water partition coefficient (Wildman–Crippen LogP) is 3.44. The van der Waals surface area contributed by atoms with Crippen LogP contribution >= 0.6 is 11.6 Å². The van der Waals surface area contributed by atoms with Crippen LogP contribution in [0.25, 0.3) is 16.6 Å². The van der Waals surface area contributed by atoms with E-state index in [1.54, 1.807) is 12.1 Å². The van der Waals surface area contributed by atoms with Gasteiger partial charge in [-0.15, -0.1) is 0 Å². The zero-order valence-corrected chi connectivity index (χ0v) is 17.4. The monoisotopic (exact) mass is 468 g/mol. The van der Waals surface area contributed by atoms with Gasteiger partial charge in [0.15, 0.2) is 0 Å². The standard InChI is InChI=1S/C21H17ClF4N4O2/c1-29(21(32)18(25)26)13-8-16(27-9-13)19-28-15-4-2-3-14(22)17(15)20(31)30(19)12-6-10(23)5-11(24)7-12/h2-7,13,16,18,27H,8-9H2,1H3/t13-,16+/m1/s1. The number of carbonyl (C=O) groups excluding carboxylic acids is 1. The highest BCUT2D eigenvalue weighted by Gasteiger charge is 2.35. The smallest absolute Gasteiger partial charge is 0.315 e. The van der Waals surface area contributed by atoms with Crippen LogP contribution in [0.3, 0.4) is 0 Å². The maximum absolute atomic E-state index is 13.9. The summed E-state index contributed by atoms with van der Waals surface area (Å²) in [6.07, 6.45) is -2.99. The highest BCUT2D eigenvalue weighted by molar-refractivity contribution is 6.35. The van der Waals surface area contributed by atoms with Gasteiger partial charge in [0.05, 0.1) is 27.7 Å². The lowest BCUT2D eigenvalue weighted by molar-refractivity contribution is -0.143. The van der Waals surface area contributed by atoms with Gasteiger partial charge in [-0.25, -0.2) is 13.8 Å². The molecule has 3 aromatic rings. The Morgan fingerprint density at radius 3 is 2.59 bits per heavy atom. The Kier molecular flexibility index (Phi) is 5.91. The number of nitrogens with zero attached hydrogens (tertiary/aromatic N) is 3. The number of carbonyl (C=O) groups is 1. The molecule has 2 atom stereocenters. The number of hydrogen-bond acceptors (Lipinski definition) is 4. The molecular weight excluding hydrogens is 452 g/mol. The third kappa shape index (κ3) is 3.95. The van der Waals surface area contributed by atoms with Crippen LogP contribution in [-0.2, 0) is 4.79 Å². The van der Waals surface area contributed by atoms with Crippen molar-refractivity contribution in [2.75, 3.05) is 13.6 Å². The van der Waals surface area contributed by atoms with Crippen LogP contribution in [0.4, 0.5) is 17.6 Å². The summed E-state index contributed by atoms with van der Waals surface area (Å²) >= 11 is 6.19. The SMILES string of the molecule is CN(C(=O)C(F)F)[C@H]1CN[C@H](c2nc3cccc(Cl)c3c(=O)n2-c2cc(F)cc(F)c2)C1. The first-order valence-electron chi connectivity index (χ1n) is 9.63. The van der Waals surface area contributed by atoms with Crippen molar-refractivity contribution in [2.45, 2.75) is 24.9 Å². The molecule has 1 N–H and O–H groups in total. The fourth-order valence-corrected chi connectivity index (χ4v) is 4.15. The van der Waals surface area contributed by atoms with Crippen molar-refractivity contribution >= 4 is 28.4 Å². The zero-order chi connectivity index (χ0) is 23.2. The topological polar surface area (TPSA) is 67.2 Å². The Morgan fingerprint density at radius 1 is 1.25 bits per heavy atom. The lowest BCUT2D eigenvalue weighted by atomic mass is 10.1. The van der Waals surface area contributed by atoms with Crippen LogP contribution in [0, 0.1) is 11.6 Å². The number of halogens is 5. The average molecular weight is 469 g/mol. The van der Waals surface area contributed by atoms with Crippen molar-refractivity contribution in [1.29, 1.82) is 0 Å². The summed E-state index contributed by atoms with van der Waals surface area (Å²) in [4.78, 5) is 30.5. The molecule has 0 bridgehead atoms. The third-order valence-electron chi connectivity index (χ3n) is 5.48. The first-order valence-corrected chi connectivity index (χ1v) is 10.0. The highest BCUT2D eigenvalue weighted by atomic mass is 35.5. The molecular formula is C21H17ClF4N4O2. The maximum atomic E-state index is 13.9. The summed E-state index contributed by atoms with van der Waals surface area (Å²) in [5, 5.41) is 3.26. The predicted molar refractivity (Wildman–Crippen MR) is 110 cm³/mol. The van der Waals surface area contributed by atoms with Gasteiger partial charge in [-0.3, -0.25) is 14.2 Å². The van der Waals surface area contributed by atoms with Crippen LogP contribution < -0.4 is 10.9 Å². The molecule has 0 unspecified atom stereocenters. The van der Waals surface area contributed by atoms with Gasteiger partial charge in [0.2, 0.25) is 0 Å². The Hall–Kier alpha value is -2.98. The summed E-state index contributed by atoms with van der Waals surface area (Å²) in [5.74, 6) is -2.98. The number of hydrogen-bond donors (Lipinski definition) is 1. The van der Waals surface area contributed by atoms with Crippen molar-refractivity contribution < 1.29 is 22.4 Å². The molecule has 6 nitrogen and oxygen atoms in total. The maximum Gasteiger partial charge on any atom is 0.315 e. The molecule has 1 aliphatic heterocycles. The summed E-state index contributed by atoms with van der Waals surface area (Å²) < 4.78 is 54.6. The van der Waals surface area contributed by atoms with E-state index in [1.807, 2.05) is 0 Å². The third-order valence-corrected chi connectivity index (χ3v) is 5.79. The number of nitrogens with one attached hydrogen (secondary N) is 1. The lowest BCUT2D eigenvalue weighted by Gasteiger charge is -2.24. The van der Waals surface area contributed by atoms with Crippen molar-refractivity contribution in [3.8, 4) is 5.69 Å². The van der Waals surface area contributed by atoms with Crippen molar-refractivity contribution in [2.24, 2.45) is 0 Å². The van der Waals surface area contributed by atoms with E-state index >= 15 is 0 Å². The van der Waals surface area contributed by atoms with Gasteiger partial charge in [0.1, 0.15) is 17.5 Å². The van der Waals surface area contributed by atoms with Crippen LogP contribution in [0.2, 0.25) is 5.02 Å². The van der Waals surface area contributed by atoms with E-state index in [2.05, 4.69) is 10.3 Å². The molecule has 1 saturated heterocycles. The second-order valence-corrected chi connectivity index (χ2v) is 7.88. The van der Waals surface area contributed by atoms with E-state index in [1.165, 1.54) is 13.1 Å². The average Bonchev–Trinajstić information content (AvgIpc) is 3.21. The summed E-state index contributed by atoms with van der Waals surface area (Å²) in [6.45, 7) is 0.167. The van der Waals surface area contributed by atoms with Crippen molar-refractivity contribution in [3.05, 3.63) is 69.2 Å². The Morgan fingerprint density at radius 2 is 1.94 bits per heavy atom. The fourth-order valence-electron chi connectivity index (χ4n) is 3.90. The second kappa shape index (κ2) is 8.51. The highest BCUT2D eigenvalue weighted by Crippen LogP contribution is 2.29. The molecule has 1 fully saturated rings. The zero-order valence-electron chi connectivity index (χ0n) is 16.7. The minimum absolute atomic E-state index is 0.0714. The number of aromatic nitrogens is 2. The van der Waals surface area contributed by atoms with E-state index in [0.717, 1.165) is 21.6 Å². The van der Waals surface area contributed by atoms with Crippen LogP contribution in [-0.4, -0.2) is 46.4 Å². The molecule has 32 heavy (non-hydrogen) atoms. The lowest BCUT2D eigenvalue weighted by Crippen LogP contribution is -2.41. The molecule has 4 rings (SSSR count). The van der Waals surface area contributed by atoms with Gasteiger partial charge in [-0.1, -0.05) is 17.7 Å². The van der Waals surface area contributed by atoms with Gasteiger partial charge in [-0.2, -0.15) is 8.78 Å². The fraction of sp³-hybridized carbons (Fsp3) is 0.286. The van der Waals surface area contributed by atoms with Gasteiger partial charge in [0, 0.05) is 25.7 Å². The summed E-state index contributed by atoms with van der Waals surface area (Å²) in [5.41, 5.74) is -0.463. The van der Waals surface area contributed by atoms with Gasteiger partial charge >= 0.3 is 6.43 Å². The van der Waals surface area contributed by atoms with E-state index < -0.39 is 41.6 Å². The van der Waals surface area contributed by atoms with Crippen molar-refractivity contribution in [1.82, 2.24) is 19.8 Å². The normalized spacial score (nSPS) is 18.5. The Bertz CT molecular complexity index is 1250. The molecule has 0 aliphatic carbocycles. The largest absolute Gasteiger partial charge is 0.336 e. The van der Waals surface area contributed by atoms with Gasteiger partial charge in [-0.05, 0) is 30.7 Å². The number of rotatable bonds is 4. The molecule has 1 aliphatic rings. The summed E-state index contributed by atoms with van der Waals surface area (Å²) in [6, 6.07) is 6.06. The van der Waals surface area contributed by atoms with E-state index in [9.17, 15) is 27.2 Å².